The highest BCUT2D eigenvalue weighted by molar-refractivity contribution is 6.37. The van der Waals surface area contributed by atoms with Gasteiger partial charge in [-0.3, -0.25) is 9.69 Å². The van der Waals surface area contributed by atoms with Crippen LogP contribution in [0.3, 0.4) is 0 Å². The Bertz CT molecular complexity index is 426. The van der Waals surface area contributed by atoms with Crippen molar-refractivity contribution in [3.63, 3.8) is 0 Å². The minimum atomic E-state index is -1.47. The molecule has 0 unspecified atom stereocenters. The molecule has 0 aliphatic heterocycles. The number of hydrogen-bond donors (Lipinski definition) is 1. The van der Waals surface area contributed by atoms with Crippen LogP contribution in [0.1, 0.15) is 5.56 Å². The lowest BCUT2D eigenvalue weighted by Gasteiger charge is -2.20. The van der Waals surface area contributed by atoms with Crippen molar-refractivity contribution < 1.29 is 14.7 Å². The lowest BCUT2D eigenvalue weighted by Crippen LogP contribution is -2.37. The SMILES string of the molecule is C=CCN(C(=O)C(=O)O)c1ccccc1C. The van der Waals surface area contributed by atoms with Crippen LogP contribution in [0.25, 0.3) is 0 Å². The van der Waals surface area contributed by atoms with Crippen molar-refractivity contribution in [3.05, 3.63) is 42.5 Å². The number of aliphatic carboxylic acids is 1. The average Bonchev–Trinajstić information content (AvgIpc) is 2.26. The molecule has 1 aromatic carbocycles. The first-order valence-electron chi connectivity index (χ1n) is 4.79. The first kappa shape index (κ1) is 12.0. The van der Waals surface area contributed by atoms with Crippen molar-refractivity contribution in [3.8, 4) is 0 Å². The molecule has 0 heterocycles. The topological polar surface area (TPSA) is 57.6 Å². The van der Waals surface area contributed by atoms with Crippen LogP contribution in [-0.4, -0.2) is 23.5 Å². The molecule has 0 saturated carbocycles. The van der Waals surface area contributed by atoms with Gasteiger partial charge in [0.25, 0.3) is 0 Å². The maximum absolute atomic E-state index is 11.5. The number of rotatable bonds is 3. The fourth-order valence-corrected chi connectivity index (χ4v) is 1.40. The van der Waals surface area contributed by atoms with Crippen molar-refractivity contribution in [1.29, 1.82) is 0 Å². The molecule has 0 aliphatic rings. The summed E-state index contributed by atoms with van der Waals surface area (Å²) in [6.07, 6.45) is 1.49. The first-order chi connectivity index (χ1) is 7.57. The highest BCUT2D eigenvalue weighted by Gasteiger charge is 2.22. The predicted molar refractivity (Wildman–Crippen MR) is 61.4 cm³/mol. The summed E-state index contributed by atoms with van der Waals surface area (Å²) in [5.74, 6) is -2.42. The van der Waals surface area contributed by atoms with Crippen molar-refractivity contribution in [2.24, 2.45) is 0 Å². The fourth-order valence-electron chi connectivity index (χ4n) is 1.40. The normalized spacial score (nSPS) is 9.56. The van der Waals surface area contributed by atoms with E-state index in [9.17, 15) is 9.59 Å². The number of aryl methyl sites for hydroxylation is 1. The van der Waals surface area contributed by atoms with Crippen LogP contribution in [0.2, 0.25) is 0 Å². The van der Waals surface area contributed by atoms with Crippen LogP contribution in [0.15, 0.2) is 36.9 Å². The standard InChI is InChI=1S/C12H13NO3/c1-3-8-13(11(14)12(15)16)10-7-5-4-6-9(10)2/h3-7H,1,8H2,2H3,(H,15,16). The monoisotopic (exact) mass is 219 g/mol. The molecule has 0 fully saturated rings. The molecule has 1 aromatic rings. The average molecular weight is 219 g/mol. The molecule has 4 nitrogen and oxygen atoms in total. The number of carbonyl (C=O) groups is 2. The van der Waals surface area contributed by atoms with Crippen molar-refractivity contribution in [2.75, 3.05) is 11.4 Å². The highest BCUT2D eigenvalue weighted by atomic mass is 16.4. The summed E-state index contributed by atoms with van der Waals surface area (Å²) in [6.45, 7) is 5.51. The van der Waals surface area contributed by atoms with E-state index in [4.69, 9.17) is 5.11 Å². The van der Waals surface area contributed by atoms with E-state index >= 15 is 0 Å². The second-order valence-electron chi connectivity index (χ2n) is 3.30. The number of amides is 1. The molecule has 16 heavy (non-hydrogen) atoms. The summed E-state index contributed by atoms with van der Waals surface area (Å²) in [7, 11) is 0. The Kier molecular flexibility index (Phi) is 3.83. The van der Waals surface area contributed by atoms with Gasteiger partial charge in [0, 0.05) is 12.2 Å². The number of nitrogens with zero attached hydrogens (tertiary/aromatic N) is 1. The Balaban J connectivity index is 3.12. The molecule has 0 bridgehead atoms. The highest BCUT2D eigenvalue weighted by Crippen LogP contribution is 2.19. The largest absolute Gasteiger partial charge is 0.474 e. The van der Waals surface area contributed by atoms with E-state index in [0.29, 0.717) is 5.69 Å². The van der Waals surface area contributed by atoms with Gasteiger partial charge in [0.05, 0.1) is 0 Å². The van der Waals surface area contributed by atoms with Crippen LogP contribution < -0.4 is 4.90 Å². The quantitative estimate of drug-likeness (QED) is 0.620. The third-order valence-electron chi connectivity index (χ3n) is 2.15. The third-order valence-corrected chi connectivity index (χ3v) is 2.15. The van der Waals surface area contributed by atoms with Crippen LogP contribution >= 0.6 is 0 Å². The maximum Gasteiger partial charge on any atom is 0.394 e. The Morgan fingerprint density at radius 2 is 2.06 bits per heavy atom. The second-order valence-corrected chi connectivity index (χ2v) is 3.30. The molecule has 1 amide bonds. The van der Waals surface area contributed by atoms with E-state index in [2.05, 4.69) is 6.58 Å². The van der Waals surface area contributed by atoms with Gasteiger partial charge in [0.2, 0.25) is 0 Å². The molecular weight excluding hydrogens is 206 g/mol. The molecule has 1 N–H and O–H groups in total. The molecule has 0 spiro atoms. The molecular formula is C12H13NO3. The van der Waals surface area contributed by atoms with E-state index in [1.54, 1.807) is 12.1 Å². The number of anilines is 1. The fraction of sp³-hybridized carbons (Fsp3) is 0.167. The molecule has 0 saturated heterocycles. The minimum absolute atomic E-state index is 0.177. The van der Waals surface area contributed by atoms with Gasteiger partial charge in [-0.25, -0.2) is 4.79 Å². The molecule has 0 aromatic heterocycles. The van der Waals surface area contributed by atoms with Crippen molar-refractivity contribution >= 4 is 17.6 Å². The maximum atomic E-state index is 11.5. The van der Waals surface area contributed by atoms with Crippen molar-refractivity contribution in [1.82, 2.24) is 0 Å². The van der Waals surface area contributed by atoms with Crippen LogP contribution in [-0.2, 0) is 9.59 Å². The number of carboxylic acid groups (broad SMARTS) is 1. The van der Waals surface area contributed by atoms with Gasteiger partial charge in [-0.2, -0.15) is 0 Å². The van der Waals surface area contributed by atoms with Gasteiger partial charge in [0.1, 0.15) is 0 Å². The van der Waals surface area contributed by atoms with Gasteiger partial charge in [-0.1, -0.05) is 24.3 Å². The van der Waals surface area contributed by atoms with Gasteiger partial charge >= 0.3 is 11.9 Å². The van der Waals surface area contributed by atoms with E-state index in [0.717, 1.165) is 5.56 Å². The zero-order chi connectivity index (χ0) is 12.1. The minimum Gasteiger partial charge on any atom is -0.474 e. The van der Waals surface area contributed by atoms with E-state index in [1.165, 1.54) is 11.0 Å². The number of para-hydroxylation sites is 1. The van der Waals surface area contributed by atoms with Crippen molar-refractivity contribution in [2.45, 2.75) is 6.92 Å². The summed E-state index contributed by atoms with van der Waals surface area (Å²) >= 11 is 0. The molecule has 1 rings (SSSR count). The summed E-state index contributed by atoms with van der Waals surface area (Å²) in [4.78, 5) is 23.3. The third kappa shape index (κ3) is 2.48. The zero-order valence-electron chi connectivity index (χ0n) is 9.01. The lowest BCUT2D eigenvalue weighted by atomic mass is 10.2. The Hall–Kier alpha value is -2.10. The zero-order valence-corrected chi connectivity index (χ0v) is 9.01. The van der Waals surface area contributed by atoms with Gasteiger partial charge < -0.3 is 5.11 Å². The Morgan fingerprint density at radius 3 is 2.56 bits per heavy atom. The van der Waals surface area contributed by atoms with E-state index in [1.807, 2.05) is 19.1 Å². The Morgan fingerprint density at radius 1 is 1.44 bits per heavy atom. The smallest absolute Gasteiger partial charge is 0.394 e. The van der Waals surface area contributed by atoms with E-state index < -0.39 is 11.9 Å². The molecule has 4 heteroatoms. The molecule has 0 atom stereocenters. The molecule has 0 aliphatic carbocycles. The number of carboxylic acids is 1. The van der Waals surface area contributed by atoms with Gasteiger partial charge in [-0.15, -0.1) is 6.58 Å². The van der Waals surface area contributed by atoms with Crippen LogP contribution in [0.4, 0.5) is 5.69 Å². The van der Waals surface area contributed by atoms with Crippen LogP contribution in [0, 0.1) is 6.92 Å². The van der Waals surface area contributed by atoms with Gasteiger partial charge in [0.15, 0.2) is 0 Å². The number of carbonyl (C=O) groups excluding carboxylic acids is 1. The first-order valence-corrected chi connectivity index (χ1v) is 4.79. The predicted octanol–water partition coefficient (Wildman–Crippen LogP) is 1.60. The summed E-state index contributed by atoms with van der Waals surface area (Å²) in [5.41, 5.74) is 1.44. The summed E-state index contributed by atoms with van der Waals surface area (Å²) in [6, 6.07) is 7.12. The summed E-state index contributed by atoms with van der Waals surface area (Å²) < 4.78 is 0. The summed E-state index contributed by atoms with van der Waals surface area (Å²) in [5, 5.41) is 8.71. The van der Waals surface area contributed by atoms with Crippen LogP contribution in [0.5, 0.6) is 0 Å². The lowest BCUT2D eigenvalue weighted by molar-refractivity contribution is -0.148. The molecule has 84 valence electrons. The number of benzene rings is 1. The molecule has 0 radical (unpaired) electrons. The van der Waals surface area contributed by atoms with Gasteiger partial charge in [-0.05, 0) is 18.6 Å². The Labute approximate surface area is 93.8 Å². The second kappa shape index (κ2) is 5.11. The number of hydrogen-bond acceptors (Lipinski definition) is 2. The van der Waals surface area contributed by atoms with E-state index in [-0.39, 0.29) is 6.54 Å².